The van der Waals surface area contributed by atoms with Gasteiger partial charge in [-0.25, -0.2) is 9.78 Å². The molecule has 2 aliphatic heterocycles. The summed E-state index contributed by atoms with van der Waals surface area (Å²) in [5.41, 5.74) is 2.76. The summed E-state index contributed by atoms with van der Waals surface area (Å²) in [6, 6.07) is 12.4. The summed E-state index contributed by atoms with van der Waals surface area (Å²) in [5.74, 6) is 0.0434. The van der Waals surface area contributed by atoms with Crippen molar-refractivity contribution in [1.29, 1.82) is 0 Å². The average molecular weight is 438 g/mol. The van der Waals surface area contributed by atoms with Crippen LogP contribution in [0.1, 0.15) is 51.0 Å². The fraction of sp³-hybridized carbons (Fsp3) is 0.261. The summed E-state index contributed by atoms with van der Waals surface area (Å²) in [5, 5.41) is 0.386. The predicted molar refractivity (Wildman–Crippen MR) is 114 cm³/mol. The second kappa shape index (κ2) is 7.74. The maximum Gasteiger partial charge on any atom is 0.359 e. The van der Waals surface area contributed by atoms with Crippen LogP contribution in [-0.4, -0.2) is 40.0 Å². The zero-order valence-corrected chi connectivity index (χ0v) is 17.6. The van der Waals surface area contributed by atoms with Gasteiger partial charge in [-0.15, -0.1) is 0 Å². The number of benzene rings is 2. The van der Waals surface area contributed by atoms with Crippen LogP contribution in [0, 0.1) is 0 Å². The number of carbonyl (C=O) groups excluding carboxylic acids is 2. The molecule has 1 fully saturated rings. The number of halogens is 1. The molecule has 1 saturated heterocycles. The highest BCUT2D eigenvalue weighted by atomic mass is 35.5. The standard InChI is InChI=1S/C23H20ClN3O4/c1-30-15-6-2-5-14(11-15)12-31-23(29)20-21-18-9-4-10-26(18)22(28)19-16(24)7-3-8-17(19)27(21)13-25-20/h2-3,5-8,11,13,18H,4,9-10,12H2,1H3/t18-/m0/s1. The third-order valence-electron chi connectivity index (χ3n) is 5.80. The van der Waals surface area contributed by atoms with E-state index in [2.05, 4.69) is 4.98 Å². The molecule has 8 heteroatoms. The molecular formula is C23H20ClN3O4. The molecule has 31 heavy (non-hydrogen) atoms. The van der Waals surface area contributed by atoms with Gasteiger partial charge in [0.15, 0.2) is 5.69 Å². The monoisotopic (exact) mass is 437 g/mol. The molecule has 0 unspecified atom stereocenters. The average Bonchev–Trinajstić information content (AvgIpc) is 3.42. The van der Waals surface area contributed by atoms with Crippen molar-refractivity contribution in [3.63, 3.8) is 0 Å². The van der Waals surface area contributed by atoms with E-state index in [4.69, 9.17) is 21.1 Å². The lowest BCUT2D eigenvalue weighted by molar-refractivity contribution is 0.0460. The van der Waals surface area contributed by atoms with Crippen LogP contribution in [0.3, 0.4) is 0 Å². The molecule has 0 aliphatic carbocycles. The molecule has 0 spiro atoms. The Morgan fingerprint density at radius 1 is 1.26 bits per heavy atom. The molecule has 0 bridgehead atoms. The maximum atomic E-state index is 13.2. The van der Waals surface area contributed by atoms with Gasteiger partial charge in [0.25, 0.3) is 5.91 Å². The molecule has 158 valence electrons. The van der Waals surface area contributed by atoms with Crippen molar-refractivity contribution < 1.29 is 19.1 Å². The second-order valence-electron chi connectivity index (χ2n) is 7.57. The molecule has 1 aromatic heterocycles. The number of hydrogen-bond acceptors (Lipinski definition) is 5. The Morgan fingerprint density at radius 3 is 2.94 bits per heavy atom. The molecule has 0 N–H and O–H groups in total. The number of carbonyl (C=O) groups is 2. The fourth-order valence-corrected chi connectivity index (χ4v) is 4.62. The van der Waals surface area contributed by atoms with Gasteiger partial charge in [-0.2, -0.15) is 0 Å². The maximum absolute atomic E-state index is 13.2. The van der Waals surface area contributed by atoms with Crippen LogP contribution >= 0.6 is 11.6 Å². The minimum atomic E-state index is -0.527. The van der Waals surface area contributed by atoms with Crippen molar-refractivity contribution in [1.82, 2.24) is 14.5 Å². The van der Waals surface area contributed by atoms with Crippen molar-refractivity contribution in [2.75, 3.05) is 13.7 Å². The molecule has 0 radical (unpaired) electrons. The van der Waals surface area contributed by atoms with Crippen LogP contribution in [0.2, 0.25) is 5.02 Å². The Bertz CT molecular complexity index is 1190. The van der Waals surface area contributed by atoms with Crippen LogP contribution in [0.25, 0.3) is 5.69 Å². The molecular weight excluding hydrogens is 418 g/mol. The minimum absolute atomic E-state index is 0.0953. The Labute approximate surface area is 184 Å². The third kappa shape index (κ3) is 3.25. The highest BCUT2D eigenvalue weighted by molar-refractivity contribution is 6.34. The van der Waals surface area contributed by atoms with E-state index in [0.29, 0.717) is 34.3 Å². The van der Waals surface area contributed by atoms with Crippen molar-refractivity contribution in [2.45, 2.75) is 25.5 Å². The van der Waals surface area contributed by atoms with Gasteiger partial charge in [0, 0.05) is 6.54 Å². The lowest BCUT2D eigenvalue weighted by Gasteiger charge is -2.23. The lowest BCUT2D eigenvalue weighted by Crippen LogP contribution is -2.30. The number of methoxy groups -OCH3 is 1. The van der Waals surface area contributed by atoms with Crippen molar-refractivity contribution in [3.8, 4) is 11.4 Å². The number of fused-ring (bicyclic) bond motifs is 5. The van der Waals surface area contributed by atoms with E-state index in [0.717, 1.165) is 18.4 Å². The summed E-state index contributed by atoms with van der Waals surface area (Å²) in [6.07, 6.45) is 3.17. The summed E-state index contributed by atoms with van der Waals surface area (Å²) in [6.45, 7) is 0.704. The number of aromatic nitrogens is 2. The molecule has 2 aromatic carbocycles. The Hall–Kier alpha value is -3.32. The number of ether oxygens (including phenoxy) is 2. The van der Waals surface area contributed by atoms with Gasteiger partial charge in [0.1, 0.15) is 18.7 Å². The highest BCUT2D eigenvalue weighted by Gasteiger charge is 2.41. The lowest BCUT2D eigenvalue weighted by atomic mass is 10.1. The summed E-state index contributed by atoms with van der Waals surface area (Å²) < 4.78 is 12.6. The van der Waals surface area contributed by atoms with Crippen molar-refractivity contribution >= 4 is 23.5 Å². The van der Waals surface area contributed by atoms with E-state index in [1.807, 2.05) is 30.3 Å². The first-order valence-electron chi connectivity index (χ1n) is 10.1. The third-order valence-corrected chi connectivity index (χ3v) is 6.11. The van der Waals surface area contributed by atoms with E-state index < -0.39 is 5.97 Å². The van der Waals surface area contributed by atoms with Crippen LogP contribution in [0.5, 0.6) is 5.75 Å². The summed E-state index contributed by atoms with van der Waals surface area (Å²) in [4.78, 5) is 32.4. The number of nitrogens with zero attached hydrogens (tertiary/aromatic N) is 3. The number of rotatable bonds is 4. The first kappa shape index (κ1) is 19.6. The first-order valence-corrected chi connectivity index (χ1v) is 10.4. The van der Waals surface area contributed by atoms with Gasteiger partial charge >= 0.3 is 5.97 Å². The molecule has 1 atom stereocenters. The highest BCUT2D eigenvalue weighted by Crippen LogP contribution is 2.41. The van der Waals surface area contributed by atoms with Gasteiger partial charge in [0.05, 0.1) is 35.1 Å². The van der Waals surface area contributed by atoms with Gasteiger partial charge < -0.3 is 14.4 Å². The van der Waals surface area contributed by atoms with Gasteiger partial charge in [-0.05, 0) is 42.7 Å². The van der Waals surface area contributed by atoms with Crippen LogP contribution in [0.15, 0.2) is 48.8 Å². The van der Waals surface area contributed by atoms with E-state index in [1.165, 1.54) is 0 Å². The van der Waals surface area contributed by atoms with Gasteiger partial charge in [0.2, 0.25) is 0 Å². The van der Waals surface area contributed by atoms with E-state index in [9.17, 15) is 9.59 Å². The zero-order valence-electron chi connectivity index (χ0n) is 16.9. The van der Waals surface area contributed by atoms with E-state index in [1.54, 1.807) is 35.0 Å². The molecule has 3 heterocycles. The number of imidazole rings is 1. The fourth-order valence-electron chi connectivity index (χ4n) is 4.37. The molecule has 7 nitrogen and oxygen atoms in total. The summed E-state index contributed by atoms with van der Waals surface area (Å²) >= 11 is 6.39. The molecule has 0 saturated carbocycles. The number of amides is 1. The SMILES string of the molecule is COc1cccc(COC(=O)c2ncn3c2[C@@H]2CCCN2C(=O)c2c(Cl)cccc2-3)c1. The van der Waals surface area contributed by atoms with E-state index >= 15 is 0 Å². The Balaban J connectivity index is 1.52. The van der Waals surface area contributed by atoms with Crippen molar-refractivity contribution in [2.24, 2.45) is 0 Å². The van der Waals surface area contributed by atoms with Gasteiger partial charge in [-0.1, -0.05) is 29.8 Å². The molecule has 3 aromatic rings. The Morgan fingerprint density at radius 2 is 2.10 bits per heavy atom. The van der Waals surface area contributed by atoms with Crippen molar-refractivity contribution in [3.05, 3.63) is 76.3 Å². The minimum Gasteiger partial charge on any atom is -0.497 e. The zero-order chi connectivity index (χ0) is 21.5. The number of hydrogen-bond donors (Lipinski definition) is 0. The topological polar surface area (TPSA) is 73.7 Å². The molecule has 1 amide bonds. The quantitative estimate of drug-likeness (QED) is 0.572. The molecule has 5 rings (SSSR count). The van der Waals surface area contributed by atoms with Crippen LogP contribution in [-0.2, 0) is 11.3 Å². The predicted octanol–water partition coefficient (Wildman–Crippen LogP) is 4.18. The second-order valence-corrected chi connectivity index (χ2v) is 7.97. The smallest absolute Gasteiger partial charge is 0.359 e. The summed E-state index contributed by atoms with van der Waals surface area (Å²) in [7, 11) is 1.59. The van der Waals surface area contributed by atoms with Crippen LogP contribution < -0.4 is 4.74 Å². The number of esters is 1. The Kier molecular flexibility index (Phi) is 4.90. The largest absolute Gasteiger partial charge is 0.497 e. The van der Waals surface area contributed by atoms with E-state index in [-0.39, 0.29) is 24.2 Å². The van der Waals surface area contributed by atoms with Crippen LogP contribution in [0.4, 0.5) is 0 Å². The first-order chi connectivity index (χ1) is 15.1. The normalized spacial score (nSPS) is 16.9. The van der Waals surface area contributed by atoms with Gasteiger partial charge in [-0.3, -0.25) is 9.36 Å². The molecule has 2 aliphatic rings.